The summed E-state index contributed by atoms with van der Waals surface area (Å²) >= 11 is 0. The van der Waals surface area contributed by atoms with E-state index < -0.39 is 6.10 Å². The zero-order valence-corrected chi connectivity index (χ0v) is 12.1. The van der Waals surface area contributed by atoms with Crippen LogP contribution in [-0.2, 0) is 0 Å². The van der Waals surface area contributed by atoms with E-state index in [0.717, 1.165) is 13.1 Å². The van der Waals surface area contributed by atoms with Gasteiger partial charge < -0.3 is 9.84 Å². The van der Waals surface area contributed by atoms with Crippen molar-refractivity contribution in [2.45, 2.75) is 44.8 Å². The topological polar surface area (TPSA) is 45.6 Å². The predicted molar refractivity (Wildman–Crippen MR) is 75.3 cm³/mol. The summed E-state index contributed by atoms with van der Waals surface area (Å²) in [6.07, 6.45) is 4.75. The van der Waals surface area contributed by atoms with E-state index >= 15 is 0 Å². The van der Waals surface area contributed by atoms with Crippen LogP contribution in [0.15, 0.2) is 18.3 Å². The lowest BCUT2D eigenvalue weighted by atomic mass is 9.89. The Morgan fingerprint density at radius 3 is 2.63 bits per heavy atom. The Labute approximate surface area is 115 Å². The van der Waals surface area contributed by atoms with Gasteiger partial charge in [-0.15, -0.1) is 0 Å². The molecule has 1 aromatic rings. The van der Waals surface area contributed by atoms with Crippen molar-refractivity contribution in [3.63, 3.8) is 0 Å². The molecule has 0 aromatic carbocycles. The van der Waals surface area contributed by atoms with Gasteiger partial charge in [-0.3, -0.25) is 9.88 Å². The molecule has 1 N–H and O–H groups in total. The van der Waals surface area contributed by atoms with Gasteiger partial charge in [-0.1, -0.05) is 6.42 Å². The quantitative estimate of drug-likeness (QED) is 0.907. The third-order valence-corrected chi connectivity index (χ3v) is 4.12. The van der Waals surface area contributed by atoms with Gasteiger partial charge in [0.25, 0.3) is 0 Å². The molecule has 2 rings (SSSR count). The molecule has 0 saturated carbocycles. The molecule has 1 aliphatic rings. The van der Waals surface area contributed by atoms with E-state index in [1.54, 1.807) is 13.3 Å². The van der Waals surface area contributed by atoms with E-state index in [1.165, 1.54) is 19.3 Å². The molecule has 1 atom stereocenters. The number of methoxy groups -OCH3 is 1. The number of ether oxygens (including phenoxy) is 1. The summed E-state index contributed by atoms with van der Waals surface area (Å²) in [5.74, 6) is 0.653. The first-order chi connectivity index (χ1) is 9.07. The van der Waals surface area contributed by atoms with Gasteiger partial charge in [0.05, 0.1) is 7.11 Å². The van der Waals surface area contributed by atoms with Gasteiger partial charge in [0, 0.05) is 11.7 Å². The zero-order valence-electron chi connectivity index (χ0n) is 12.1. The highest BCUT2D eigenvalue weighted by atomic mass is 16.5. The van der Waals surface area contributed by atoms with E-state index in [4.69, 9.17) is 4.74 Å². The number of aromatic nitrogens is 1. The lowest BCUT2D eigenvalue weighted by Gasteiger charge is -2.43. The average Bonchev–Trinajstić information content (AvgIpc) is 2.47. The summed E-state index contributed by atoms with van der Waals surface area (Å²) < 4.78 is 5.31. The summed E-state index contributed by atoms with van der Waals surface area (Å²) in [6, 6.07) is 3.67. The second-order valence-corrected chi connectivity index (χ2v) is 5.69. The minimum atomic E-state index is -0.651. The monoisotopic (exact) mass is 264 g/mol. The molecule has 2 heterocycles. The summed E-state index contributed by atoms with van der Waals surface area (Å²) in [7, 11) is 1.61. The van der Waals surface area contributed by atoms with E-state index in [0.29, 0.717) is 11.4 Å². The van der Waals surface area contributed by atoms with Crippen LogP contribution in [0, 0.1) is 0 Å². The number of rotatable bonds is 4. The highest BCUT2D eigenvalue weighted by Crippen LogP contribution is 2.35. The normalized spacial score (nSPS) is 19.2. The molecule has 0 bridgehead atoms. The molecule has 1 fully saturated rings. The summed E-state index contributed by atoms with van der Waals surface area (Å²) in [4.78, 5) is 6.67. The van der Waals surface area contributed by atoms with Gasteiger partial charge in [-0.05, 0) is 51.9 Å². The van der Waals surface area contributed by atoms with Crippen molar-refractivity contribution in [3.05, 3.63) is 24.0 Å². The first-order valence-electron chi connectivity index (χ1n) is 6.99. The minimum absolute atomic E-state index is 0.331. The van der Waals surface area contributed by atoms with Crippen LogP contribution < -0.4 is 4.74 Å². The number of nitrogens with zero attached hydrogens (tertiary/aromatic N) is 2. The Balaban J connectivity index is 2.23. The molecule has 1 aliphatic heterocycles. The molecule has 0 spiro atoms. The summed E-state index contributed by atoms with van der Waals surface area (Å²) in [6.45, 7) is 6.24. The van der Waals surface area contributed by atoms with Crippen molar-refractivity contribution in [2.24, 2.45) is 0 Å². The Bertz CT molecular complexity index is 414. The fourth-order valence-corrected chi connectivity index (χ4v) is 2.76. The smallest absolute Gasteiger partial charge is 0.143 e. The molecule has 4 heteroatoms. The number of hydrogen-bond donors (Lipinski definition) is 1. The molecule has 19 heavy (non-hydrogen) atoms. The van der Waals surface area contributed by atoms with Crippen molar-refractivity contribution in [2.75, 3.05) is 20.2 Å². The van der Waals surface area contributed by atoms with Crippen LogP contribution in [-0.4, -0.2) is 40.7 Å². The zero-order chi connectivity index (χ0) is 13.9. The molecule has 0 radical (unpaired) electrons. The van der Waals surface area contributed by atoms with Crippen molar-refractivity contribution >= 4 is 0 Å². The number of piperidine rings is 1. The fourth-order valence-electron chi connectivity index (χ4n) is 2.76. The molecular formula is C15H24N2O2. The van der Waals surface area contributed by atoms with E-state index in [9.17, 15) is 5.11 Å². The van der Waals surface area contributed by atoms with E-state index in [1.807, 2.05) is 12.1 Å². The maximum atomic E-state index is 10.7. The highest BCUT2D eigenvalue weighted by Gasteiger charge is 2.37. The van der Waals surface area contributed by atoms with E-state index in [-0.39, 0.29) is 5.54 Å². The van der Waals surface area contributed by atoms with Crippen LogP contribution in [0.5, 0.6) is 5.75 Å². The lowest BCUT2D eigenvalue weighted by molar-refractivity contribution is -0.0240. The Hall–Kier alpha value is -1.13. The van der Waals surface area contributed by atoms with Crippen LogP contribution in [0.25, 0.3) is 0 Å². The lowest BCUT2D eigenvalue weighted by Crippen LogP contribution is -2.50. The Morgan fingerprint density at radius 1 is 1.32 bits per heavy atom. The number of aliphatic hydroxyl groups excluding tert-OH is 1. The third kappa shape index (κ3) is 2.90. The Morgan fingerprint density at radius 2 is 2.00 bits per heavy atom. The second-order valence-electron chi connectivity index (χ2n) is 5.69. The average molecular weight is 264 g/mol. The first-order valence-corrected chi connectivity index (χ1v) is 6.99. The van der Waals surface area contributed by atoms with Crippen molar-refractivity contribution in [1.82, 2.24) is 9.88 Å². The van der Waals surface area contributed by atoms with Gasteiger partial charge in [-0.25, -0.2) is 0 Å². The van der Waals surface area contributed by atoms with E-state index in [2.05, 4.69) is 23.7 Å². The SMILES string of the molecule is COc1cccnc1C(O)C(C)(C)N1CCCCC1. The maximum absolute atomic E-state index is 10.7. The molecule has 0 amide bonds. The number of hydrogen-bond acceptors (Lipinski definition) is 4. The number of likely N-dealkylation sites (tertiary alicyclic amines) is 1. The van der Waals surface area contributed by atoms with Gasteiger partial charge in [0.15, 0.2) is 0 Å². The predicted octanol–water partition coefficient (Wildman–Crippen LogP) is 2.39. The van der Waals surface area contributed by atoms with Crippen LogP contribution in [0.4, 0.5) is 0 Å². The molecule has 1 saturated heterocycles. The summed E-state index contributed by atoms with van der Waals surface area (Å²) in [5.41, 5.74) is 0.294. The Kier molecular flexibility index (Phi) is 4.42. The molecular weight excluding hydrogens is 240 g/mol. The number of aliphatic hydroxyl groups is 1. The molecule has 0 aliphatic carbocycles. The molecule has 106 valence electrons. The van der Waals surface area contributed by atoms with Crippen molar-refractivity contribution in [1.29, 1.82) is 0 Å². The highest BCUT2D eigenvalue weighted by molar-refractivity contribution is 5.30. The molecule has 4 nitrogen and oxygen atoms in total. The molecule has 1 aromatic heterocycles. The fraction of sp³-hybridized carbons (Fsp3) is 0.667. The van der Waals surface area contributed by atoms with Crippen molar-refractivity contribution in [3.8, 4) is 5.75 Å². The van der Waals surface area contributed by atoms with Crippen LogP contribution in [0.2, 0.25) is 0 Å². The maximum Gasteiger partial charge on any atom is 0.143 e. The third-order valence-electron chi connectivity index (χ3n) is 4.12. The largest absolute Gasteiger partial charge is 0.495 e. The molecule has 1 unspecified atom stereocenters. The second kappa shape index (κ2) is 5.88. The van der Waals surface area contributed by atoms with Gasteiger partial charge in [0.1, 0.15) is 17.5 Å². The van der Waals surface area contributed by atoms with Gasteiger partial charge >= 0.3 is 0 Å². The van der Waals surface area contributed by atoms with Gasteiger partial charge in [-0.2, -0.15) is 0 Å². The summed E-state index contributed by atoms with van der Waals surface area (Å²) in [5, 5.41) is 10.7. The first kappa shape index (κ1) is 14.3. The van der Waals surface area contributed by atoms with Gasteiger partial charge in [0.2, 0.25) is 0 Å². The van der Waals surface area contributed by atoms with Crippen LogP contribution in [0.3, 0.4) is 0 Å². The van der Waals surface area contributed by atoms with Crippen LogP contribution in [0.1, 0.15) is 44.9 Å². The van der Waals surface area contributed by atoms with Crippen molar-refractivity contribution < 1.29 is 9.84 Å². The standard InChI is InChI=1S/C15H24N2O2/c1-15(2,17-10-5-4-6-11-17)14(18)13-12(19-3)8-7-9-16-13/h7-9,14,18H,4-6,10-11H2,1-3H3. The van der Waals surface area contributed by atoms with Crippen LogP contribution >= 0.6 is 0 Å². The minimum Gasteiger partial charge on any atom is -0.495 e. The number of pyridine rings is 1.